The van der Waals surface area contributed by atoms with Crippen molar-refractivity contribution in [2.45, 2.75) is 58.7 Å². The second-order valence-corrected chi connectivity index (χ2v) is 7.24. The van der Waals surface area contributed by atoms with Gasteiger partial charge in [0.1, 0.15) is 6.29 Å². The molecule has 4 atom stereocenters. The van der Waals surface area contributed by atoms with Crippen LogP contribution in [0.25, 0.3) is 0 Å². The maximum Gasteiger partial charge on any atom is 0.174 e. The highest BCUT2D eigenvalue weighted by Crippen LogP contribution is 2.64. The molecule has 1 saturated heterocycles. The van der Waals surface area contributed by atoms with Gasteiger partial charge in [0.05, 0.1) is 13.2 Å². The van der Waals surface area contributed by atoms with Crippen LogP contribution < -0.4 is 0 Å². The Morgan fingerprint density at radius 2 is 1.79 bits per heavy atom. The smallest absolute Gasteiger partial charge is 0.174 e. The Balaban J connectivity index is 2.03. The third-order valence-electron chi connectivity index (χ3n) is 6.56. The van der Waals surface area contributed by atoms with Crippen LogP contribution in [0.1, 0.15) is 52.9 Å². The Kier molecular flexibility index (Phi) is 3.06. The first-order valence-corrected chi connectivity index (χ1v) is 7.73. The molecule has 0 radical (unpaired) electrons. The number of hydrogen-bond donors (Lipinski definition) is 0. The van der Waals surface area contributed by atoms with E-state index in [4.69, 9.17) is 9.47 Å². The van der Waals surface area contributed by atoms with Crippen LogP contribution in [0, 0.1) is 22.7 Å². The molecule has 0 amide bonds. The first-order valence-electron chi connectivity index (χ1n) is 7.73. The molecule has 108 valence electrons. The van der Waals surface area contributed by atoms with Gasteiger partial charge in [0.25, 0.3) is 0 Å². The fourth-order valence-corrected chi connectivity index (χ4v) is 5.07. The van der Waals surface area contributed by atoms with Gasteiger partial charge in [-0.25, -0.2) is 0 Å². The average Bonchev–Trinajstić information content (AvgIpc) is 2.87. The van der Waals surface area contributed by atoms with Crippen molar-refractivity contribution < 1.29 is 14.3 Å². The number of aldehydes is 1. The van der Waals surface area contributed by atoms with Crippen molar-refractivity contribution in [3.05, 3.63) is 0 Å². The molecule has 0 aromatic carbocycles. The molecule has 3 nitrogen and oxygen atoms in total. The minimum atomic E-state index is -0.416. The second-order valence-electron chi connectivity index (χ2n) is 7.24. The van der Waals surface area contributed by atoms with E-state index in [1.165, 1.54) is 6.29 Å². The van der Waals surface area contributed by atoms with Crippen LogP contribution in [0.5, 0.6) is 0 Å². The third-order valence-corrected chi connectivity index (χ3v) is 6.56. The molecule has 19 heavy (non-hydrogen) atoms. The number of carbonyl (C=O) groups is 1. The molecule has 2 aliphatic carbocycles. The van der Waals surface area contributed by atoms with E-state index in [-0.39, 0.29) is 10.8 Å². The summed E-state index contributed by atoms with van der Waals surface area (Å²) in [6.45, 7) is 8.09. The van der Waals surface area contributed by atoms with E-state index in [2.05, 4.69) is 20.8 Å². The van der Waals surface area contributed by atoms with Gasteiger partial charge < -0.3 is 14.3 Å². The first-order chi connectivity index (χ1) is 8.98. The summed E-state index contributed by atoms with van der Waals surface area (Å²) < 4.78 is 12.2. The van der Waals surface area contributed by atoms with Crippen molar-refractivity contribution in [1.82, 2.24) is 0 Å². The van der Waals surface area contributed by atoms with Crippen molar-refractivity contribution in [2.24, 2.45) is 22.7 Å². The summed E-state index contributed by atoms with van der Waals surface area (Å²) in [6.07, 6.45) is 6.65. The van der Waals surface area contributed by atoms with E-state index in [1.54, 1.807) is 0 Å². The Bertz CT molecular complexity index is 374. The maximum atomic E-state index is 11.8. The zero-order chi connectivity index (χ0) is 13.7. The molecule has 3 fully saturated rings. The van der Waals surface area contributed by atoms with Gasteiger partial charge >= 0.3 is 0 Å². The Morgan fingerprint density at radius 1 is 1.11 bits per heavy atom. The molecular formula is C16H26O3. The Hall–Kier alpha value is -0.410. The van der Waals surface area contributed by atoms with Crippen molar-refractivity contribution in [3.63, 3.8) is 0 Å². The van der Waals surface area contributed by atoms with Gasteiger partial charge in [-0.1, -0.05) is 20.8 Å². The largest absolute Gasteiger partial charge is 0.347 e. The molecule has 0 aromatic heterocycles. The van der Waals surface area contributed by atoms with Crippen LogP contribution in [0.4, 0.5) is 0 Å². The monoisotopic (exact) mass is 266 g/mol. The first kappa shape index (κ1) is 13.6. The Morgan fingerprint density at radius 3 is 2.42 bits per heavy atom. The van der Waals surface area contributed by atoms with Crippen molar-refractivity contribution in [3.8, 4) is 0 Å². The van der Waals surface area contributed by atoms with E-state index in [9.17, 15) is 4.79 Å². The summed E-state index contributed by atoms with van der Waals surface area (Å²) >= 11 is 0. The van der Waals surface area contributed by atoms with Crippen molar-refractivity contribution in [1.29, 1.82) is 0 Å². The molecule has 1 heterocycles. The van der Waals surface area contributed by atoms with Crippen molar-refractivity contribution >= 4 is 6.29 Å². The minimum absolute atomic E-state index is 0.0100. The van der Waals surface area contributed by atoms with E-state index in [1.807, 2.05) is 0 Å². The van der Waals surface area contributed by atoms with Crippen LogP contribution >= 0.6 is 0 Å². The number of hydrogen-bond acceptors (Lipinski definition) is 3. The molecule has 3 aliphatic rings. The topological polar surface area (TPSA) is 35.5 Å². The molecule has 1 spiro atoms. The number of rotatable bonds is 1. The second kappa shape index (κ2) is 4.29. The van der Waals surface area contributed by atoms with Gasteiger partial charge in [0.15, 0.2) is 5.79 Å². The number of carbonyl (C=O) groups excluding carboxylic acids is 1. The van der Waals surface area contributed by atoms with Gasteiger partial charge in [-0.05, 0) is 37.5 Å². The standard InChI is InChI=1S/C16H26O3/c1-12-6-8-15(3)13(14(12,2)11-17)5-4-7-16(15)18-9-10-19-16/h11-13H,4-10H2,1-3H3/t12-,13-,14+,15+/m0/s1. The third kappa shape index (κ3) is 1.61. The highest BCUT2D eigenvalue weighted by molar-refractivity contribution is 5.60. The van der Waals surface area contributed by atoms with Crippen LogP contribution in [0.3, 0.4) is 0 Å². The molecule has 1 aliphatic heterocycles. The minimum Gasteiger partial charge on any atom is -0.347 e. The lowest BCUT2D eigenvalue weighted by molar-refractivity contribution is -0.292. The fourth-order valence-electron chi connectivity index (χ4n) is 5.07. The van der Waals surface area contributed by atoms with E-state index >= 15 is 0 Å². The lowest BCUT2D eigenvalue weighted by Crippen LogP contribution is -2.62. The SMILES string of the molecule is C[C@H]1CC[C@]2(C)[C@@H](CCCC23OCCO3)[C@]1(C)C=O. The summed E-state index contributed by atoms with van der Waals surface area (Å²) in [5.74, 6) is 0.424. The summed E-state index contributed by atoms with van der Waals surface area (Å²) in [4.78, 5) is 11.8. The van der Waals surface area contributed by atoms with Crippen LogP contribution in [-0.2, 0) is 14.3 Å². The molecule has 0 aromatic rings. The molecule has 0 bridgehead atoms. The highest BCUT2D eigenvalue weighted by atomic mass is 16.7. The predicted octanol–water partition coefficient (Wildman–Crippen LogP) is 3.17. The Labute approximate surface area is 116 Å². The lowest BCUT2D eigenvalue weighted by atomic mass is 9.47. The molecule has 0 unspecified atom stereocenters. The normalized spacial score (nSPS) is 49.0. The van der Waals surface area contributed by atoms with Gasteiger partial charge in [0.2, 0.25) is 0 Å². The van der Waals surface area contributed by atoms with Crippen LogP contribution in [-0.4, -0.2) is 25.3 Å². The fraction of sp³-hybridized carbons (Fsp3) is 0.938. The molecule has 3 rings (SSSR count). The number of fused-ring (bicyclic) bond motifs is 2. The molecule has 2 saturated carbocycles. The molecule has 0 N–H and O–H groups in total. The van der Waals surface area contributed by atoms with Crippen LogP contribution in [0.2, 0.25) is 0 Å². The van der Waals surface area contributed by atoms with Gasteiger partial charge in [0, 0.05) is 17.3 Å². The van der Waals surface area contributed by atoms with E-state index < -0.39 is 5.79 Å². The summed E-state index contributed by atoms with van der Waals surface area (Å²) in [7, 11) is 0. The lowest BCUT2D eigenvalue weighted by Gasteiger charge is -2.61. The maximum absolute atomic E-state index is 11.8. The number of ether oxygens (including phenoxy) is 2. The van der Waals surface area contributed by atoms with Gasteiger partial charge in [-0.15, -0.1) is 0 Å². The highest BCUT2D eigenvalue weighted by Gasteiger charge is 2.64. The average molecular weight is 266 g/mol. The zero-order valence-electron chi connectivity index (χ0n) is 12.4. The van der Waals surface area contributed by atoms with Gasteiger partial charge in [-0.2, -0.15) is 0 Å². The van der Waals surface area contributed by atoms with Crippen LogP contribution in [0.15, 0.2) is 0 Å². The predicted molar refractivity (Wildman–Crippen MR) is 72.7 cm³/mol. The summed E-state index contributed by atoms with van der Waals surface area (Å²) in [5, 5.41) is 0. The van der Waals surface area contributed by atoms with Crippen molar-refractivity contribution in [2.75, 3.05) is 13.2 Å². The summed E-state index contributed by atoms with van der Waals surface area (Å²) in [6, 6.07) is 0. The van der Waals surface area contributed by atoms with E-state index in [0.29, 0.717) is 25.0 Å². The molecular weight excluding hydrogens is 240 g/mol. The van der Waals surface area contributed by atoms with Gasteiger partial charge in [-0.3, -0.25) is 0 Å². The quantitative estimate of drug-likeness (QED) is 0.684. The molecule has 3 heteroatoms. The summed E-state index contributed by atoms with van der Waals surface area (Å²) in [5.41, 5.74) is -0.236. The van der Waals surface area contributed by atoms with E-state index in [0.717, 1.165) is 32.1 Å². The zero-order valence-corrected chi connectivity index (χ0v) is 12.4.